The van der Waals surface area contributed by atoms with E-state index in [0.717, 1.165) is 25.9 Å². The van der Waals surface area contributed by atoms with Crippen molar-refractivity contribution >= 4 is 17.5 Å². The van der Waals surface area contributed by atoms with Gasteiger partial charge in [-0.1, -0.05) is 22.9 Å². The topological polar surface area (TPSA) is 51.0 Å². The average molecular weight is 291 g/mol. The standard InChI is InChI=1S/C14H15ClN4O/c15-12-3-1-2-11(10-12)14(20)18-7-4-13(5-8-18)19-9-6-16-17-19/h1-3,6,9-10,13H,4-5,7-8H2. The fourth-order valence-corrected chi connectivity index (χ4v) is 2.74. The van der Waals surface area contributed by atoms with Crippen molar-refractivity contribution in [3.63, 3.8) is 0 Å². The lowest BCUT2D eigenvalue weighted by atomic mass is 10.0. The first-order valence-corrected chi connectivity index (χ1v) is 7.02. The molecule has 0 unspecified atom stereocenters. The number of amides is 1. The second-order valence-electron chi connectivity index (χ2n) is 4.92. The van der Waals surface area contributed by atoms with Gasteiger partial charge in [0.05, 0.1) is 12.2 Å². The maximum atomic E-state index is 12.4. The van der Waals surface area contributed by atoms with Crippen LogP contribution in [0.15, 0.2) is 36.7 Å². The van der Waals surface area contributed by atoms with Gasteiger partial charge in [0.2, 0.25) is 0 Å². The summed E-state index contributed by atoms with van der Waals surface area (Å²) in [6, 6.07) is 7.43. The summed E-state index contributed by atoms with van der Waals surface area (Å²) in [7, 11) is 0. The minimum atomic E-state index is 0.0459. The van der Waals surface area contributed by atoms with E-state index < -0.39 is 0 Å². The van der Waals surface area contributed by atoms with E-state index in [0.29, 0.717) is 16.6 Å². The first-order chi connectivity index (χ1) is 9.74. The third kappa shape index (κ3) is 2.67. The normalized spacial score (nSPS) is 16.4. The lowest BCUT2D eigenvalue weighted by Gasteiger charge is -2.31. The van der Waals surface area contributed by atoms with E-state index >= 15 is 0 Å². The number of carbonyl (C=O) groups excluding carboxylic acids is 1. The van der Waals surface area contributed by atoms with Crippen LogP contribution in [0.5, 0.6) is 0 Å². The van der Waals surface area contributed by atoms with Crippen LogP contribution < -0.4 is 0 Å². The molecule has 3 rings (SSSR count). The number of likely N-dealkylation sites (tertiary alicyclic amines) is 1. The molecule has 1 aromatic heterocycles. The number of hydrogen-bond donors (Lipinski definition) is 0. The molecule has 0 radical (unpaired) electrons. The smallest absolute Gasteiger partial charge is 0.253 e. The number of hydrogen-bond acceptors (Lipinski definition) is 3. The van der Waals surface area contributed by atoms with Crippen LogP contribution in [0.1, 0.15) is 29.2 Å². The summed E-state index contributed by atoms with van der Waals surface area (Å²) in [6.07, 6.45) is 5.36. The van der Waals surface area contributed by atoms with Crippen molar-refractivity contribution in [1.82, 2.24) is 19.9 Å². The Hall–Kier alpha value is -1.88. The van der Waals surface area contributed by atoms with Crippen LogP contribution in [-0.2, 0) is 0 Å². The highest BCUT2D eigenvalue weighted by Crippen LogP contribution is 2.23. The number of carbonyl (C=O) groups is 1. The van der Waals surface area contributed by atoms with Gasteiger partial charge in [0.25, 0.3) is 5.91 Å². The second-order valence-corrected chi connectivity index (χ2v) is 5.35. The van der Waals surface area contributed by atoms with Gasteiger partial charge in [-0.25, -0.2) is 4.68 Å². The zero-order valence-corrected chi connectivity index (χ0v) is 11.7. The van der Waals surface area contributed by atoms with Crippen molar-refractivity contribution in [2.24, 2.45) is 0 Å². The summed E-state index contributed by atoms with van der Waals surface area (Å²) in [6.45, 7) is 1.46. The maximum Gasteiger partial charge on any atom is 0.253 e. The van der Waals surface area contributed by atoms with E-state index in [9.17, 15) is 4.79 Å². The largest absolute Gasteiger partial charge is 0.338 e. The van der Waals surface area contributed by atoms with Crippen molar-refractivity contribution < 1.29 is 4.79 Å². The van der Waals surface area contributed by atoms with Gasteiger partial charge in [0.1, 0.15) is 0 Å². The monoisotopic (exact) mass is 290 g/mol. The number of rotatable bonds is 2. The zero-order chi connectivity index (χ0) is 13.9. The Morgan fingerprint density at radius 1 is 1.30 bits per heavy atom. The van der Waals surface area contributed by atoms with Crippen molar-refractivity contribution in [1.29, 1.82) is 0 Å². The predicted octanol–water partition coefficient (Wildman–Crippen LogP) is 2.41. The van der Waals surface area contributed by atoms with Crippen LogP contribution in [0, 0.1) is 0 Å². The highest BCUT2D eigenvalue weighted by atomic mass is 35.5. The number of benzene rings is 1. The Bertz CT molecular complexity index is 591. The molecule has 5 nitrogen and oxygen atoms in total. The highest BCUT2D eigenvalue weighted by Gasteiger charge is 2.24. The number of halogens is 1. The van der Waals surface area contributed by atoms with Crippen molar-refractivity contribution in [3.05, 3.63) is 47.2 Å². The van der Waals surface area contributed by atoms with Crippen LogP contribution in [0.4, 0.5) is 0 Å². The van der Waals surface area contributed by atoms with Gasteiger partial charge in [-0.15, -0.1) is 5.10 Å². The SMILES string of the molecule is O=C(c1cccc(Cl)c1)N1CCC(n2ccnn2)CC1. The van der Waals surface area contributed by atoms with E-state index in [1.54, 1.807) is 30.5 Å². The predicted molar refractivity (Wildman–Crippen MR) is 75.6 cm³/mol. The zero-order valence-electron chi connectivity index (χ0n) is 10.9. The van der Waals surface area contributed by atoms with E-state index in [-0.39, 0.29) is 5.91 Å². The van der Waals surface area contributed by atoms with Crippen molar-refractivity contribution in [2.45, 2.75) is 18.9 Å². The molecular weight excluding hydrogens is 276 g/mol. The van der Waals surface area contributed by atoms with Gasteiger partial charge in [-0.2, -0.15) is 0 Å². The van der Waals surface area contributed by atoms with Gasteiger partial charge in [-0.05, 0) is 31.0 Å². The summed E-state index contributed by atoms with van der Waals surface area (Å²) < 4.78 is 1.88. The first kappa shape index (κ1) is 13.1. The van der Waals surface area contributed by atoms with Crippen LogP contribution in [0.2, 0.25) is 5.02 Å². The van der Waals surface area contributed by atoms with E-state index in [2.05, 4.69) is 10.3 Å². The molecule has 2 aromatic rings. The molecule has 1 saturated heterocycles. The molecule has 0 aliphatic carbocycles. The minimum Gasteiger partial charge on any atom is -0.338 e. The Labute approximate surface area is 122 Å². The lowest BCUT2D eigenvalue weighted by Crippen LogP contribution is -2.39. The Morgan fingerprint density at radius 3 is 2.75 bits per heavy atom. The second kappa shape index (κ2) is 5.63. The molecule has 1 aliphatic heterocycles. The fourth-order valence-electron chi connectivity index (χ4n) is 2.55. The first-order valence-electron chi connectivity index (χ1n) is 6.64. The van der Waals surface area contributed by atoms with Crippen molar-refractivity contribution in [2.75, 3.05) is 13.1 Å². The molecule has 2 heterocycles. The molecular formula is C14H15ClN4O. The summed E-state index contributed by atoms with van der Waals surface area (Å²) in [5, 5.41) is 8.44. The highest BCUT2D eigenvalue weighted by molar-refractivity contribution is 6.30. The van der Waals surface area contributed by atoms with Gasteiger partial charge < -0.3 is 4.90 Å². The molecule has 0 bridgehead atoms. The lowest BCUT2D eigenvalue weighted by molar-refractivity contribution is 0.0689. The van der Waals surface area contributed by atoms with Gasteiger partial charge >= 0.3 is 0 Å². The van der Waals surface area contributed by atoms with Crippen LogP contribution in [0.25, 0.3) is 0 Å². The molecule has 1 aliphatic rings. The summed E-state index contributed by atoms with van der Waals surface area (Å²) in [5.74, 6) is 0.0459. The fraction of sp³-hybridized carbons (Fsp3) is 0.357. The van der Waals surface area contributed by atoms with Gasteiger partial charge in [0.15, 0.2) is 0 Å². The summed E-state index contributed by atoms with van der Waals surface area (Å²) in [5.41, 5.74) is 0.650. The molecule has 6 heteroatoms. The van der Waals surface area contributed by atoms with E-state index in [4.69, 9.17) is 11.6 Å². The molecule has 0 atom stereocenters. The van der Waals surface area contributed by atoms with Crippen LogP contribution >= 0.6 is 11.6 Å². The summed E-state index contributed by atoms with van der Waals surface area (Å²) >= 11 is 5.93. The molecule has 1 aromatic carbocycles. The molecule has 0 saturated carbocycles. The molecule has 1 amide bonds. The molecule has 104 valence electrons. The third-order valence-corrected chi connectivity index (χ3v) is 3.87. The van der Waals surface area contributed by atoms with E-state index in [1.807, 2.05) is 15.8 Å². The van der Waals surface area contributed by atoms with Gasteiger partial charge in [0, 0.05) is 29.9 Å². The molecule has 0 N–H and O–H groups in total. The van der Waals surface area contributed by atoms with E-state index in [1.165, 1.54) is 0 Å². The third-order valence-electron chi connectivity index (χ3n) is 3.64. The maximum absolute atomic E-state index is 12.4. The number of piperidine rings is 1. The summed E-state index contributed by atoms with van der Waals surface area (Å²) in [4.78, 5) is 14.3. The quantitative estimate of drug-likeness (QED) is 0.853. The van der Waals surface area contributed by atoms with Gasteiger partial charge in [-0.3, -0.25) is 4.79 Å². The molecule has 0 spiro atoms. The Morgan fingerprint density at radius 2 is 2.10 bits per heavy atom. The molecule has 20 heavy (non-hydrogen) atoms. The number of aromatic nitrogens is 3. The van der Waals surface area contributed by atoms with Crippen LogP contribution in [-0.4, -0.2) is 38.9 Å². The average Bonchev–Trinajstić information content (AvgIpc) is 3.01. The number of nitrogens with zero attached hydrogens (tertiary/aromatic N) is 4. The Balaban J connectivity index is 1.65. The minimum absolute atomic E-state index is 0.0459. The molecule has 1 fully saturated rings. The van der Waals surface area contributed by atoms with Crippen molar-refractivity contribution in [3.8, 4) is 0 Å². The Kier molecular flexibility index (Phi) is 3.69. The van der Waals surface area contributed by atoms with Crippen LogP contribution in [0.3, 0.4) is 0 Å².